The van der Waals surface area contributed by atoms with E-state index in [-0.39, 0.29) is 12.0 Å². The molecule has 0 radical (unpaired) electrons. The van der Waals surface area contributed by atoms with E-state index in [2.05, 4.69) is 46.2 Å². The molecule has 0 aliphatic carbocycles. The number of esters is 1. The predicted molar refractivity (Wildman–Crippen MR) is 114 cm³/mol. The first-order valence-corrected chi connectivity index (χ1v) is 10.1. The maximum atomic E-state index is 12.4. The molecular weight excluding hydrogens is 384 g/mol. The van der Waals surface area contributed by atoms with E-state index in [0.29, 0.717) is 24.4 Å². The van der Waals surface area contributed by atoms with Crippen molar-refractivity contribution in [2.24, 2.45) is 0 Å². The molecule has 2 heterocycles. The van der Waals surface area contributed by atoms with Crippen molar-refractivity contribution in [3.05, 3.63) is 70.0 Å². The molecule has 7 heteroatoms. The number of carbonyl (C=O) groups excluding carboxylic acids is 1. The third kappa shape index (κ3) is 4.02. The maximum absolute atomic E-state index is 12.4. The number of ether oxygens (including phenoxy) is 1. The highest BCUT2D eigenvalue weighted by Gasteiger charge is 2.32. The minimum absolute atomic E-state index is 0.235. The molecule has 0 unspecified atom stereocenters. The van der Waals surface area contributed by atoms with Gasteiger partial charge in [0.05, 0.1) is 13.8 Å². The summed E-state index contributed by atoms with van der Waals surface area (Å²) in [5, 5.41) is 3.29. The summed E-state index contributed by atoms with van der Waals surface area (Å²) in [7, 11) is 1.43. The van der Waals surface area contributed by atoms with E-state index in [9.17, 15) is 4.79 Å². The Morgan fingerprint density at radius 1 is 1.21 bits per heavy atom. The summed E-state index contributed by atoms with van der Waals surface area (Å²) in [6, 6.07) is 16.1. The normalized spacial score (nSPS) is 16.4. The molecule has 3 aromatic rings. The summed E-state index contributed by atoms with van der Waals surface area (Å²) in [5.41, 5.74) is 4.67. The van der Waals surface area contributed by atoms with Crippen LogP contribution in [0.15, 0.2) is 48.5 Å². The Morgan fingerprint density at radius 2 is 1.93 bits per heavy atom. The van der Waals surface area contributed by atoms with Gasteiger partial charge >= 0.3 is 5.97 Å². The third-order valence-electron chi connectivity index (χ3n) is 5.46. The summed E-state index contributed by atoms with van der Waals surface area (Å²) < 4.78 is 7.33. The number of fused-ring (bicyclic) bond motifs is 1. The number of rotatable bonds is 5. The fourth-order valence-corrected chi connectivity index (χ4v) is 3.95. The third-order valence-corrected chi connectivity index (χ3v) is 5.77. The van der Waals surface area contributed by atoms with Crippen molar-refractivity contribution in [1.82, 2.24) is 19.7 Å². The number of nitrogens with one attached hydrogen (secondary N) is 1. The van der Waals surface area contributed by atoms with Gasteiger partial charge in [0, 0.05) is 12.1 Å². The molecule has 6 nitrogen and oxygen atoms in total. The second kappa shape index (κ2) is 8.31. The molecule has 1 aliphatic rings. The highest BCUT2D eigenvalue weighted by atomic mass is 32.1. The largest absolute Gasteiger partial charge is 0.468 e. The van der Waals surface area contributed by atoms with Gasteiger partial charge in [-0.15, -0.1) is 0 Å². The molecule has 1 aliphatic heterocycles. The lowest BCUT2D eigenvalue weighted by atomic mass is 9.94. The molecule has 1 atom stereocenters. The van der Waals surface area contributed by atoms with E-state index in [1.54, 1.807) is 0 Å². The minimum Gasteiger partial charge on any atom is -0.468 e. The first-order chi connectivity index (χ1) is 14.1. The van der Waals surface area contributed by atoms with Gasteiger partial charge in [0.1, 0.15) is 6.04 Å². The summed E-state index contributed by atoms with van der Waals surface area (Å²) in [6.07, 6.45) is 1.62. The fraction of sp³-hybridized carbons (Fsp3) is 0.318. The predicted octanol–water partition coefficient (Wildman–Crippen LogP) is 3.73. The van der Waals surface area contributed by atoms with Crippen LogP contribution in [0.25, 0.3) is 11.4 Å². The topological polar surface area (TPSA) is 63.1 Å². The Balaban J connectivity index is 1.61. The van der Waals surface area contributed by atoms with Crippen molar-refractivity contribution in [1.29, 1.82) is 0 Å². The van der Waals surface area contributed by atoms with Gasteiger partial charge in [0.25, 0.3) is 0 Å². The fourth-order valence-electron chi connectivity index (χ4n) is 3.76. The van der Waals surface area contributed by atoms with Gasteiger partial charge in [-0.1, -0.05) is 55.5 Å². The Hall–Kier alpha value is -2.77. The maximum Gasteiger partial charge on any atom is 0.323 e. The van der Waals surface area contributed by atoms with Crippen molar-refractivity contribution >= 4 is 18.2 Å². The molecule has 150 valence electrons. The van der Waals surface area contributed by atoms with Crippen LogP contribution in [0, 0.1) is 4.77 Å². The van der Waals surface area contributed by atoms with Crippen LogP contribution in [0.5, 0.6) is 0 Å². The number of aromatic amines is 1. The van der Waals surface area contributed by atoms with Crippen LogP contribution in [0.4, 0.5) is 0 Å². The second-order valence-electron chi connectivity index (χ2n) is 7.23. The monoisotopic (exact) mass is 408 g/mol. The molecular formula is C22H24N4O2S. The van der Waals surface area contributed by atoms with Gasteiger partial charge in [-0.05, 0) is 41.7 Å². The van der Waals surface area contributed by atoms with Crippen LogP contribution in [-0.4, -0.2) is 38.8 Å². The van der Waals surface area contributed by atoms with Gasteiger partial charge in [0.2, 0.25) is 4.77 Å². The number of carbonyl (C=O) groups is 1. The lowest BCUT2D eigenvalue weighted by molar-refractivity contribution is -0.148. The summed E-state index contributed by atoms with van der Waals surface area (Å²) in [6.45, 7) is 3.22. The van der Waals surface area contributed by atoms with E-state index in [1.165, 1.54) is 23.8 Å². The number of methoxy groups -OCH3 is 1. The van der Waals surface area contributed by atoms with Crippen LogP contribution in [0.2, 0.25) is 0 Å². The molecule has 0 saturated heterocycles. The zero-order chi connectivity index (χ0) is 20.4. The lowest BCUT2D eigenvalue weighted by Gasteiger charge is -2.34. The number of H-pyrrole nitrogens is 1. The van der Waals surface area contributed by atoms with Gasteiger partial charge in [-0.2, -0.15) is 4.98 Å². The van der Waals surface area contributed by atoms with E-state index < -0.39 is 0 Å². The average molecular weight is 409 g/mol. The average Bonchev–Trinajstić information content (AvgIpc) is 3.13. The minimum atomic E-state index is -0.354. The van der Waals surface area contributed by atoms with Crippen molar-refractivity contribution in [2.75, 3.05) is 7.11 Å². The molecule has 29 heavy (non-hydrogen) atoms. The van der Waals surface area contributed by atoms with E-state index in [0.717, 1.165) is 17.8 Å². The van der Waals surface area contributed by atoms with Gasteiger partial charge < -0.3 is 4.74 Å². The van der Waals surface area contributed by atoms with Crippen LogP contribution in [0.3, 0.4) is 0 Å². The Bertz CT molecular complexity index is 1070. The van der Waals surface area contributed by atoms with Gasteiger partial charge in [-0.3, -0.25) is 14.8 Å². The number of hydrogen-bond donors (Lipinski definition) is 1. The summed E-state index contributed by atoms with van der Waals surface area (Å²) >= 11 is 5.48. The van der Waals surface area contributed by atoms with Crippen LogP contribution in [-0.2, 0) is 35.6 Å². The van der Waals surface area contributed by atoms with Crippen molar-refractivity contribution < 1.29 is 9.53 Å². The quantitative estimate of drug-likeness (QED) is 0.515. The summed E-state index contributed by atoms with van der Waals surface area (Å²) in [4.78, 5) is 19.0. The lowest BCUT2D eigenvalue weighted by Crippen LogP contribution is -2.46. The number of aryl methyl sites for hydroxylation is 1. The van der Waals surface area contributed by atoms with Gasteiger partial charge in [0.15, 0.2) is 5.82 Å². The molecule has 0 saturated carbocycles. The number of aromatic nitrogens is 3. The van der Waals surface area contributed by atoms with E-state index >= 15 is 0 Å². The van der Waals surface area contributed by atoms with E-state index in [1.807, 2.05) is 28.9 Å². The second-order valence-corrected chi connectivity index (χ2v) is 7.60. The molecule has 0 spiro atoms. The summed E-state index contributed by atoms with van der Waals surface area (Å²) in [5.74, 6) is 0.491. The van der Waals surface area contributed by atoms with Gasteiger partial charge in [-0.25, -0.2) is 4.68 Å². The highest BCUT2D eigenvalue weighted by molar-refractivity contribution is 7.71. The Morgan fingerprint density at radius 3 is 2.62 bits per heavy atom. The standard InChI is InChI=1S/C22H24N4O2S/c1-3-15-8-10-16(11-9-15)20-23-22(29)26(24-20)14-25-13-18-7-5-4-6-17(18)12-19(25)21(27)28-2/h4-11,19H,3,12-14H2,1-2H3,(H,23,24,29)/t19-/m0/s1. The first-order valence-electron chi connectivity index (χ1n) is 9.74. The molecule has 1 N–H and O–H groups in total. The number of nitrogens with zero attached hydrogens (tertiary/aromatic N) is 3. The first kappa shape index (κ1) is 19.5. The molecule has 1 aromatic heterocycles. The molecule has 0 fully saturated rings. The van der Waals surface area contributed by atoms with Crippen LogP contribution >= 0.6 is 12.2 Å². The zero-order valence-electron chi connectivity index (χ0n) is 16.6. The SMILES string of the molecule is CCc1ccc(-c2nc(=S)n(CN3Cc4ccccc4C[C@H]3C(=O)OC)[nH]2)cc1. The van der Waals surface area contributed by atoms with Crippen LogP contribution < -0.4 is 0 Å². The van der Waals surface area contributed by atoms with Crippen molar-refractivity contribution in [3.8, 4) is 11.4 Å². The molecule has 0 bridgehead atoms. The Labute approximate surface area is 175 Å². The van der Waals surface area contributed by atoms with Crippen LogP contribution in [0.1, 0.15) is 23.6 Å². The molecule has 0 amide bonds. The van der Waals surface area contributed by atoms with E-state index in [4.69, 9.17) is 17.0 Å². The smallest absolute Gasteiger partial charge is 0.323 e. The Kier molecular flexibility index (Phi) is 5.60. The number of hydrogen-bond acceptors (Lipinski definition) is 5. The van der Waals surface area contributed by atoms with Crippen molar-refractivity contribution in [3.63, 3.8) is 0 Å². The number of benzene rings is 2. The molecule has 2 aromatic carbocycles. The van der Waals surface area contributed by atoms with Crippen molar-refractivity contribution in [2.45, 2.75) is 39.0 Å². The zero-order valence-corrected chi connectivity index (χ0v) is 17.4. The highest BCUT2D eigenvalue weighted by Crippen LogP contribution is 2.25. The molecule has 4 rings (SSSR count).